The van der Waals surface area contributed by atoms with Gasteiger partial charge in [-0.15, -0.1) is 12.4 Å². The van der Waals surface area contributed by atoms with E-state index in [1.807, 2.05) is 0 Å². The lowest BCUT2D eigenvalue weighted by Gasteiger charge is -2.10. The highest BCUT2D eigenvalue weighted by Gasteiger charge is 2.07. The van der Waals surface area contributed by atoms with E-state index in [0.717, 1.165) is 0 Å². The topological polar surface area (TPSA) is 61.3 Å². The summed E-state index contributed by atoms with van der Waals surface area (Å²) in [4.78, 5) is 0. The predicted molar refractivity (Wildman–Crippen MR) is 56.2 cm³/mol. The highest BCUT2D eigenvalue weighted by Crippen LogP contribution is 2.20. The highest BCUT2D eigenvalue weighted by molar-refractivity contribution is 5.85. The van der Waals surface area contributed by atoms with Crippen LogP contribution in [0.3, 0.4) is 0 Å². The quantitative estimate of drug-likeness (QED) is 0.805. The van der Waals surface area contributed by atoms with E-state index < -0.39 is 5.82 Å². The summed E-state index contributed by atoms with van der Waals surface area (Å²) in [6, 6.07) is 4.27. The summed E-state index contributed by atoms with van der Waals surface area (Å²) in [6.07, 6.45) is 0. The molecule has 1 atom stereocenters. The summed E-state index contributed by atoms with van der Waals surface area (Å²) in [5.74, 6) is -0.197. The van der Waals surface area contributed by atoms with E-state index in [0.29, 0.717) is 12.1 Å². The molecular weight excluding hydrogens is 207 g/mol. The van der Waals surface area contributed by atoms with Crippen LogP contribution in [0.4, 0.5) is 4.39 Å². The summed E-state index contributed by atoms with van der Waals surface area (Å²) in [6.45, 7) is 0.297. The van der Waals surface area contributed by atoms with Crippen LogP contribution in [-0.4, -0.2) is 13.7 Å². The van der Waals surface area contributed by atoms with Crippen molar-refractivity contribution in [2.45, 2.75) is 6.04 Å². The second-order valence-corrected chi connectivity index (χ2v) is 2.74. The van der Waals surface area contributed by atoms with Crippen molar-refractivity contribution in [3.8, 4) is 5.75 Å². The molecule has 1 rings (SSSR count). The summed E-state index contributed by atoms with van der Waals surface area (Å²) >= 11 is 0. The number of halogens is 2. The molecule has 0 aliphatic carbocycles. The molecule has 4 N–H and O–H groups in total. The van der Waals surface area contributed by atoms with Crippen LogP contribution >= 0.6 is 12.4 Å². The summed E-state index contributed by atoms with van der Waals surface area (Å²) in [5.41, 5.74) is 11.6. The first kappa shape index (κ1) is 13.2. The van der Waals surface area contributed by atoms with Crippen LogP contribution in [0.25, 0.3) is 0 Å². The molecule has 5 heteroatoms. The van der Waals surface area contributed by atoms with Crippen LogP contribution in [0.5, 0.6) is 5.75 Å². The second kappa shape index (κ2) is 5.80. The zero-order valence-electron chi connectivity index (χ0n) is 7.87. The third-order valence-corrected chi connectivity index (χ3v) is 1.86. The van der Waals surface area contributed by atoms with Gasteiger partial charge >= 0.3 is 0 Å². The van der Waals surface area contributed by atoms with Crippen molar-refractivity contribution in [2.75, 3.05) is 13.7 Å². The van der Waals surface area contributed by atoms with Gasteiger partial charge in [0.15, 0.2) is 11.6 Å². The Morgan fingerprint density at radius 2 is 2.14 bits per heavy atom. The molecule has 0 amide bonds. The van der Waals surface area contributed by atoms with E-state index in [1.165, 1.54) is 13.2 Å². The van der Waals surface area contributed by atoms with Crippen LogP contribution < -0.4 is 16.2 Å². The number of benzene rings is 1. The van der Waals surface area contributed by atoms with Gasteiger partial charge in [0, 0.05) is 12.6 Å². The van der Waals surface area contributed by atoms with Gasteiger partial charge in [0.25, 0.3) is 0 Å². The van der Waals surface area contributed by atoms with E-state index in [-0.39, 0.29) is 24.2 Å². The number of rotatable bonds is 3. The number of hydrogen-bond acceptors (Lipinski definition) is 3. The Labute approximate surface area is 88.6 Å². The van der Waals surface area contributed by atoms with Gasteiger partial charge in [-0.3, -0.25) is 0 Å². The number of hydrogen-bond donors (Lipinski definition) is 2. The van der Waals surface area contributed by atoms with Gasteiger partial charge in [-0.05, 0) is 17.7 Å². The molecule has 0 aliphatic heterocycles. The fourth-order valence-electron chi connectivity index (χ4n) is 1.05. The van der Waals surface area contributed by atoms with Crippen LogP contribution in [0.2, 0.25) is 0 Å². The first-order valence-electron chi connectivity index (χ1n) is 3.98. The van der Waals surface area contributed by atoms with Gasteiger partial charge in [-0.25, -0.2) is 4.39 Å². The number of methoxy groups -OCH3 is 1. The Hall–Kier alpha value is -0.840. The normalized spacial score (nSPS) is 11.7. The number of nitrogens with two attached hydrogens (primary N) is 2. The maximum atomic E-state index is 13.1. The summed E-state index contributed by atoms with van der Waals surface area (Å²) < 4.78 is 17.9. The van der Waals surface area contributed by atoms with Crippen molar-refractivity contribution in [1.82, 2.24) is 0 Å². The standard InChI is InChI=1S/C9H13FN2O.ClH/c1-13-9-3-2-6(4-7(9)10)8(12)5-11;/h2-4,8H,5,11-12H2,1H3;1H/t8-;/m0./s1. The summed E-state index contributed by atoms with van der Waals surface area (Å²) in [5, 5.41) is 0. The molecule has 0 saturated carbocycles. The van der Waals surface area contributed by atoms with Crippen molar-refractivity contribution in [3.05, 3.63) is 29.6 Å². The average molecular weight is 221 g/mol. The molecule has 0 bridgehead atoms. The monoisotopic (exact) mass is 220 g/mol. The Bertz CT molecular complexity index is 296. The van der Waals surface area contributed by atoms with Crippen LogP contribution in [0.15, 0.2) is 18.2 Å². The minimum absolute atomic E-state index is 0. The van der Waals surface area contributed by atoms with Crippen molar-refractivity contribution in [2.24, 2.45) is 11.5 Å². The van der Waals surface area contributed by atoms with Gasteiger partial charge in [-0.1, -0.05) is 6.07 Å². The highest BCUT2D eigenvalue weighted by atomic mass is 35.5. The molecule has 0 unspecified atom stereocenters. The maximum Gasteiger partial charge on any atom is 0.165 e. The van der Waals surface area contributed by atoms with E-state index >= 15 is 0 Å². The van der Waals surface area contributed by atoms with Crippen molar-refractivity contribution in [3.63, 3.8) is 0 Å². The van der Waals surface area contributed by atoms with Crippen LogP contribution in [0.1, 0.15) is 11.6 Å². The van der Waals surface area contributed by atoms with E-state index in [1.54, 1.807) is 12.1 Å². The smallest absolute Gasteiger partial charge is 0.165 e. The molecule has 1 aromatic rings. The molecule has 0 heterocycles. The zero-order chi connectivity index (χ0) is 9.84. The predicted octanol–water partition coefficient (Wildman–Crippen LogP) is 1.21. The minimum Gasteiger partial charge on any atom is -0.494 e. The lowest BCUT2D eigenvalue weighted by atomic mass is 10.1. The van der Waals surface area contributed by atoms with Gasteiger partial charge in [0.1, 0.15) is 0 Å². The molecule has 0 radical (unpaired) electrons. The van der Waals surface area contributed by atoms with E-state index in [9.17, 15) is 4.39 Å². The lowest BCUT2D eigenvalue weighted by Crippen LogP contribution is -2.20. The Kier molecular flexibility index (Phi) is 5.45. The lowest BCUT2D eigenvalue weighted by molar-refractivity contribution is 0.386. The van der Waals surface area contributed by atoms with Gasteiger partial charge in [-0.2, -0.15) is 0 Å². The molecule has 0 fully saturated rings. The Balaban J connectivity index is 0.00000169. The SMILES string of the molecule is COc1ccc([C@@H](N)CN)cc1F.Cl. The minimum atomic E-state index is -0.413. The van der Waals surface area contributed by atoms with Gasteiger partial charge in [0.05, 0.1) is 7.11 Å². The molecular formula is C9H14ClFN2O. The van der Waals surface area contributed by atoms with Crippen LogP contribution in [-0.2, 0) is 0 Å². The first-order chi connectivity index (χ1) is 6.19. The zero-order valence-corrected chi connectivity index (χ0v) is 8.68. The second-order valence-electron chi connectivity index (χ2n) is 2.74. The Morgan fingerprint density at radius 1 is 1.50 bits per heavy atom. The molecule has 80 valence electrons. The van der Waals surface area contributed by atoms with Crippen molar-refractivity contribution < 1.29 is 9.13 Å². The van der Waals surface area contributed by atoms with E-state index in [2.05, 4.69) is 0 Å². The molecule has 0 aliphatic rings. The van der Waals surface area contributed by atoms with Crippen molar-refractivity contribution >= 4 is 12.4 Å². The third kappa shape index (κ3) is 2.83. The molecule has 3 nitrogen and oxygen atoms in total. The average Bonchev–Trinajstić information content (AvgIpc) is 2.16. The van der Waals surface area contributed by atoms with E-state index in [4.69, 9.17) is 16.2 Å². The fraction of sp³-hybridized carbons (Fsp3) is 0.333. The molecule has 0 aromatic heterocycles. The fourth-order valence-corrected chi connectivity index (χ4v) is 1.05. The van der Waals surface area contributed by atoms with Gasteiger partial charge in [0.2, 0.25) is 0 Å². The molecule has 0 spiro atoms. The molecule has 14 heavy (non-hydrogen) atoms. The largest absolute Gasteiger partial charge is 0.494 e. The molecule has 1 aromatic carbocycles. The Morgan fingerprint density at radius 3 is 2.57 bits per heavy atom. The first-order valence-corrected chi connectivity index (χ1v) is 3.98. The number of ether oxygens (including phenoxy) is 1. The third-order valence-electron chi connectivity index (χ3n) is 1.86. The maximum absolute atomic E-state index is 13.1. The van der Waals surface area contributed by atoms with Crippen LogP contribution in [0, 0.1) is 5.82 Å². The summed E-state index contributed by atoms with van der Waals surface area (Å²) in [7, 11) is 1.42. The van der Waals surface area contributed by atoms with Gasteiger partial charge < -0.3 is 16.2 Å². The van der Waals surface area contributed by atoms with Crippen molar-refractivity contribution in [1.29, 1.82) is 0 Å². The molecule has 0 saturated heterocycles.